The van der Waals surface area contributed by atoms with Crippen LogP contribution in [0.1, 0.15) is 33.4 Å². The molecule has 1 unspecified atom stereocenters. The molecule has 0 saturated heterocycles. The molecule has 0 N–H and O–H groups in total. The third kappa shape index (κ3) is 5.75. The number of anilines is 2. The lowest BCUT2D eigenvalue weighted by Gasteiger charge is -2.41. The Bertz CT molecular complexity index is 2430. The van der Waals surface area contributed by atoms with E-state index in [9.17, 15) is 0 Å². The molecule has 2 nitrogen and oxygen atoms in total. The van der Waals surface area contributed by atoms with Gasteiger partial charge in [0, 0.05) is 28.6 Å². The summed E-state index contributed by atoms with van der Waals surface area (Å²) in [7, 11) is 0. The average molecular weight is 670 g/mol. The number of aryl methyl sites for hydroxylation is 1. The van der Waals surface area contributed by atoms with Crippen LogP contribution in [0.5, 0.6) is 11.5 Å². The lowest BCUT2D eigenvalue weighted by Crippen LogP contribution is -2.32. The summed E-state index contributed by atoms with van der Waals surface area (Å²) in [6.07, 6.45) is 16.8. The van der Waals surface area contributed by atoms with Gasteiger partial charge in [0.05, 0.1) is 11.1 Å². The fourth-order valence-corrected chi connectivity index (χ4v) is 7.64. The molecule has 250 valence electrons. The van der Waals surface area contributed by atoms with Gasteiger partial charge in [0.1, 0.15) is 11.5 Å². The number of allylic oxidation sites excluding steroid dienone is 9. The second-order valence-corrected chi connectivity index (χ2v) is 13.1. The van der Waals surface area contributed by atoms with Crippen LogP contribution < -0.4 is 9.64 Å². The molecule has 2 aliphatic rings. The smallest absolute Gasteiger partial charge is 0.132 e. The zero-order valence-electron chi connectivity index (χ0n) is 29.2. The van der Waals surface area contributed by atoms with Crippen LogP contribution in [0.2, 0.25) is 0 Å². The molecule has 0 bridgehead atoms. The fraction of sp³-hybridized carbons (Fsp3) is 0.0400. The number of nitrogens with zero attached hydrogens (tertiary/aromatic N) is 1. The average Bonchev–Trinajstić information content (AvgIpc) is 3.19. The first-order chi connectivity index (χ1) is 25.6. The van der Waals surface area contributed by atoms with E-state index < -0.39 is 5.41 Å². The Kier molecular flexibility index (Phi) is 8.73. The van der Waals surface area contributed by atoms with Crippen molar-refractivity contribution < 1.29 is 4.74 Å². The summed E-state index contributed by atoms with van der Waals surface area (Å²) >= 11 is 0. The molecule has 6 aromatic rings. The third-order valence-electron chi connectivity index (χ3n) is 10.0. The van der Waals surface area contributed by atoms with Gasteiger partial charge in [-0.1, -0.05) is 159 Å². The Morgan fingerprint density at radius 1 is 0.635 bits per heavy atom. The highest BCUT2D eigenvalue weighted by Crippen LogP contribution is 2.56. The predicted octanol–water partition coefficient (Wildman–Crippen LogP) is 13.2. The van der Waals surface area contributed by atoms with Gasteiger partial charge in [-0.25, -0.2) is 0 Å². The van der Waals surface area contributed by atoms with Gasteiger partial charge >= 0.3 is 0 Å². The van der Waals surface area contributed by atoms with Gasteiger partial charge in [0.2, 0.25) is 0 Å². The monoisotopic (exact) mass is 669 g/mol. The standard InChI is InChI=1S/C50H39NO/c1-4-5-6-17-32-50(44-26-15-13-19-36(44)2)45-30-29-39(35-48(45)52-47-28-18-25-43(49(47)50)38-20-9-7-10-21-38)40-31-33-51(41-22-11-8-12-23-41)46-27-16-14-24-42(46)37(3)34-40/h4-35H,1,3H2,2H3/b6-5-,32-17-,33-31?,40-34?. The van der Waals surface area contributed by atoms with Crippen LogP contribution in [0, 0.1) is 6.92 Å². The van der Waals surface area contributed by atoms with Gasteiger partial charge in [-0.2, -0.15) is 0 Å². The highest BCUT2D eigenvalue weighted by Gasteiger charge is 2.44. The van der Waals surface area contributed by atoms with Gasteiger partial charge < -0.3 is 9.64 Å². The van der Waals surface area contributed by atoms with Crippen molar-refractivity contribution in [2.45, 2.75) is 12.3 Å². The largest absolute Gasteiger partial charge is 0.457 e. The minimum absolute atomic E-state index is 0.664. The van der Waals surface area contributed by atoms with Crippen LogP contribution in [0.15, 0.2) is 207 Å². The zero-order valence-corrected chi connectivity index (χ0v) is 29.2. The van der Waals surface area contributed by atoms with Crippen LogP contribution in [-0.4, -0.2) is 0 Å². The zero-order chi connectivity index (χ0) is 35.5. The molecule has 0 saturated carbocycles. The van der Waals surface area contributed by atoms with Crippen molar-refractivity contribution in [3.63, 3.8) is 0 Å². The van der Waals surface area contributed by atoms with Gasteiger partial charge in [-0.05, 0) is 88.4 Å². The van der Waals surface area contributed by atoms with Crippen molar-refractivity contribution >= 4 is 22.5 Å². The Balaban J connectivity index is 1.35. The topological polar surface area (TPSA) is 12.5 Å². The maximum absolute atomic E-state index is 6.99. The normalized spacial score (nSPS) is 16.4. The third-order valence-corrected chi connectivity index (χ3v) is 10.0. The SMILES string of the molecule is C=C/C=C\C=C/C1(c2ccccc2C)c2ccc(C3=CC(=C)c4ccccc4N(c4ccccc4)C=C3)cc2Oc2cccc(-c3ccccc3)c21. The number of hydrogen-bond donors (Lipinski definition) is 0. The number of fused-ring (bicyclic) bond motifs is 3. The summed E-state index contributed by atoms with van der Waals surface area (Å²) in [5.41, 5.74) is 12.5. The molecule has 0 amide bonds. The van der Waals surface area contributed by atoms with Crippen LogP contribution in [0.4, 0.5) is 11.4 Å². The van der Waals surface area contributed by atoms with Crippen molar-refractivity contribution in [1.29, 1.82) is 0 Å². The van der Waals surface area contributed by atoms with Crippen molar-refractivity contribution in [3.8, 4) is 22.6 Å². The van der Waals surface area contributed by atoms with E-state index in [1.54, 1.807) is 6.08 Å². The summed E-state index contributed by atoms with van der Waals surface area (Å²) in [5, 5.41) is 0. The summed E-state index contributed by atoms with van der Waals surface area (Å²) < 4.78 is 6.99. The minimum atomic E-state index is -0.664. The molecular formula is C50H39NO. The summed E-state index contributed by atoms with van der Waals surface area (Å²) in [6, 6.07) is 51.3. The number of benzene rings is 6. The summed E-state index contributed by atoms with van der Waals surface area (Å²) in [5.74, 6) is 1.65. The first kappa shape index (κ1) is 32.6. The molecule has 8 rings (SSSR count). The Morgan fingerprint density at radius 2 is 1.37 bits per heavy atom. The number of rotatable bonds is 7. The van der Waals surface area contributed by atoms with E-state index in [1.165, 1.54) is 11.1 Å². The van der Waals surface area contributed by atoms with E-state index in [1.807, 2.05) is 18.2 Å². The molecule has 52 heavy (non-hydrogen) atoms. The predicted molar refractivity (Wildman–Crippen MR) is 219 cm³/mol. The molecule has 0 aromatic heterocycles. The van der Waals surface area contributed by atoms with Crippen LogP contribution >= 0.6 is 0 Å². The molecule has 2 aliphatic heterocycles. The maximum Gasteiger partial charge on any atom is 0.132 e. The molecule has 2 heterocycles. The lowest BCUT2D eigenvalue weighted by atomic mass is 9.64. The van der Waals surface area contributed by atoms with Crippen LogP contribution in [0.3, 0.4) is 0 Å². The minimum Gasteiger partial charge on any atom is -0.457 e. The second-order valence-electron chi connectivity index (χ2n) is 13.1. The van der Waals surface area contributed by atoms with Crippen LogP contribution in [-0.2, 0) is 5.41 Å². The van der Waals surface area contributed by atoms with E-state index in [2.05, 4.69) is 195 Å². The number of para-hydroxylation sites is 2. The van der Waals surface area contributed by atoms with Crippen molar-refractivity contribution in [1.82, 2.24) is 0 Å². The highest BCUT2D eigenvalue weighted by atomic mass is 16.5. The van der Waals surface area contributed by atoms with E-state index in [0.29, 0.717) is 0 Å². The first-order valence-corrected chi connectivity index (χ1v) is 17.7. The number of ether oxygens (including phenoxy) is 1. The molecular weight excluding hydrogens is 631 g/mol. The van der Waals surface area contributed by atoms with E-state index in [0.717, 1.165) is 67.4 Å². The van der Waals surface area contributed by atoms with Gasteiger partial charge in [0.25, 0.3) is 0 Å². The van der Waals surface area contributed by atoms with E-state index in [-0.39, 0.29) is 0 Å². The second kappa shape index (κ2) is 13.9. The van der Waals surface area contributed by atoms with Crippen LogP contribution in [0.25, 0.3) is 22.3 Å². The summed E-state index contributed by atoms with van der Waals surface area (Å²) in [6.45, 7) is 10.7. The van der Waals surface area contributed by atoms with Crippen molar-refractivity contribution in [2.75, 3.05) is 4.90 Å². The Morgan fingerprint density at radius 3 is 2.17 bits per heavy atom. The summed E-state index contributed by atoms with van der Waals surface area (Å²) in [4.78, 5) is 2.23. The van der Waals surface area contributed by atoms with Gasteiger partial charge in [0.15, 0.2) is 0 Å². The van der Waals surface area contributed by atoms with Gasteiger partial charge in [-0.15, -0.1) is 0 Å². The molecule has 0 fully saturated rings. The van der Waals surface area contributed by atoms with Gasteiger partial charge in [-0.3, -0.25) is 0 Å². The molecule has 0 radical (unpaired) electrons. The molecule has 6 aromatic carbocycles. The first-order valence-electron chi connectivity index (χ1n) is 17.7. The maximum atomic E-state index is 6.99. The van der Waals surface area contributed by atoms with Crippen molar-refractivity contribution in [3.05, 3.63) is 241 Å². The van der Waals surface area contributed by atoms with E-state index in [4.69, 9.17) is 4.74 Å². The Hall–Kier alpha value is -6.64. The quantitative estimate of drug-likeness (QED) is 0.157. The molecule has 1 atom stereocenters. The molecule has 0 aliphatic carbocycles. The molecule has 0 spiro atoms. The fourth-order valence-electron chi connectivity index (χ4n) is 7.64. The number of hydrogen-bond acceptors (Lipinski definition) is 2. The van der Waals surface area contributed by atoms with Crippen molar-refractivity contribution in [2.24, 2.45) is 0 Å². The van der Waals surface area contributed by atoms with E-state index >= 15 is 0 Å². The lowest BCUT2D eigenvalue weighted by molar-refractivity contribution is 0.437. The highest BCUT2D eigenvalue weighted by molar-refractivity contribution is 5.94. The molecule has 2 heteroatoms. The Labute approximate surface area is 307 Å².